The smallest absolute Gasteiger partial charge is 0.284 e. The second-order valence-corrected chi connectivity index (χ2v) is 4.79. The molecule has 21 heavy (non-hydrogen) atoms. The van der Waals surface area contributed by atoms with Crippen LogP contribution in [0.4, 0.5) is 5.95 Å². The van der Waals surface area contributed by atoms with E-state index in [0.29, 0.717) is 23.0 Å². The highest BCUT2D eigenvalue weighted by molar-refractivity contribution is 5.79. The van der Waals surface area contributed by atoms with Crippen molar-refractivity contribution in [2.24, 2.45) is 0 Å². The summed E-state index contributed by atoms with van der Waals surface area (Å²) in [6.45, 7) is 0. The van der Waals surface area contributed by atoms with Gasteiger partial charge in [-0.2, -0.15) is 4.98 Å². The number of aromatic amines is 2. The molecule has 0 unspecified atom stereocenters. The van der Waals surface area contributed by atoms with E-state index < -0.39 is 0 Å². The SMILES string of the molecule is Nc1nc(=O)c2c(CCc3ccc([C]=O)cc3)c[nH]c2[nH]1. The van der Waals surface area contributed by atoms with Gasteiger partial charge in [-0.25, -0.2) is 0 Å². The van der Waals surface area contributed by atoms with Gasteiger partial charge in [0.2, 0.25) is 12.2 Å². The van der Waals surface area contributed by atoms with Gasteiger partial charge in [0, 0.05) is 11.8 Å². The van der Waals surface area contributed by atoms with E-state index in [4.69, 9.17) is 5.73 Å². The Morgan fingerprint density at radius 3 is 2.67 bits per heavy atom. The van der Waals surface area contributed by atoms with Crippen LogP contribution in [0.25, 0.3) is 11.0 Å². The van der Waals surface area contributed by atoms with E-state index in [1.807, 2.05) is 18.4 Å². The van der Waals surface area contributed by atoms with Crippen LogP contribution in [0.3, 0.4) is 0 Å². The van der Waals surface area contributed by atoms with Crippen LogP contribution in [-0.2, 0) is 17.6 Å². The van der Waals surface area contributed by atoms with E-state index in [0.717, 1.165) is 17.5 Å². The molecule has 0 aliphatic heterocycles. The van der Waals surface area contributed by atoms with Crippen LogP contribution in [0.2, 0.25) is 0 Å². The van der Waals surface area contributed by atoms with Crippen LogP contribution in [0.5, 0.6) is 0 Å². The van der Waals surface area contributed by atoms with Crippen molar-refractivity contribution in [1.82, 2.24) is 15.0 Å². The minimum Gasteiger partial charge on any atom is -0.369 e. The highest BCUT2D eigenvalue weighted by atomic mass is 16.1. The average Bonchev–Trinajstić information content (AvgIpc) is 2.89. The van der Waals surface area contributed by atoms with E-state index in [9.17, 15) is 9.59 Å². The number of H-pyrrole nitrogens is 2. The Hall–Kier alpha value is -2.89. The molecule has 0 bridgehead atoms. The van der Waals surface area contributed by atoms with E-state index in [2.05, 4.69) is 15.0 Å². The summed E-state index contributed by atoms with van der Waals surface area (Å²) in [4.78, 5) is 31.9. The predicted molar refractivity (Wildman–Crippen MR) is 79.8 cm³/mol. The van der Waals surface area contributed by atoms with Crippen molar-refractivity contribution >= 4 is 23.3 Å². The first kappa shape index (κ1) is 13.1. The molecule has 0 atom stereocenters. The number of nitrogens with two attached hydrogens (primary N) is 1. The van der Waals surface area contributed by atoms with Crippen molar-refractivity contribution in [3.63, 3.8) is 0 Å². The number of hydrogen-bond donors (Lipinski definition) is 3. The van der Waals surface area contributed by atoms with Crippen LogP contribution in [0.1, 0.15) is 16.7 Å². The molecule has 1 aromatic carbocycles. The van der Waals surface area contributed by atoms with Gasteiger partial charge in [0.25, 0.3) is 5.56 Å². The molecule has 0 saturated carbocycles. The van der Waals surface area contributed by atoms with Crippen molar-refractivity contribution in [3.05, 3.63) is 57.5 Å². The Bertz CT molecular complexity index is 846. The third kappa shape index (κ3) is 2.55. The number of rotatable bonds is 4. The number of benzene rings is 1. The highest BCUT2D eigenvalue weighted by Gasteiger charge is 2.09. The third-order valence-corrected chi connectivity index (χ3v) is 3.41. The molecule has 4 N–H and O–H groups in total. The van der Waals surface area contributed by atoms with Gasteiger partial charge in [0.05, 0.1) is 5.39 Å². The zero-order chi connectivity index (χ0) is 14.8. The molecule has 3 rings (SSSR count). The van der Waals surface area contributed by atoms with Crippen molar-refractivity contribution in [1.29, 1.82) is 0 Å². The fourth-order valence-electron chi connectivity index (χ4n) is 2.34. The Balaban J connectivity index is 1.85. The summed E-state index contributed by atoms with van der Waals surface area (Å²) in [5.41, 5.74) is 8.28. The lowest BCUT2D eigenvalue weighted by molar-refractivity contribution is 0.563. The van der Waals surface area contributed by atoms with E-state index in [-0.39, 0.29) is 11.5 Å². The minimum atomic E-state index is -0.330. The number of hydrogen-bond acceptors (Lipinski definition) is 4. The second-order valence-electron chi connectivity index (χ2n) is 4.79. The lowest BCUT2D eigenvalue weighted by atomic mass is 10.0. The maximum atomic E-state index is 11.9. The Morgan fingerprint density at radius 1 is 1.19 bits per heavy atom. The molecule has 6 heteroatoms. The second kappa shape index (κ2) is 5.24. The van der Waals surface area contributed by atoms with Crippen LogP contribution in [0.15, 0.2) is 35.3 Å². The highest BCUT2D eigenvalue weighted by Crippen LogP contribution is 2.15. The standard InChI is InChI=1S/C15H13N4O2/c16-15-18-13-12(14(21)19-15)11(7-17-13)6-5-9-1-3-10(8-20)4-2-9/h1-4,7H,5-6H2,(H4,16,17,18,19,21). The van der Waals surface area contributed by atoms with Crippen molar-refractivity contribution in [2.45, 2.75) is 12.8 Å². The van der Waals surface area contributed by atoms with Crippen LogP contribution in [-0.4, -0.2) is 21.2 Å². The summed E-state index contributed by atoms with van der Waals surface area (Å²) in [6.07, 6.45) is 5.08. The number of aryl methyl sites for hydroxylation is 2. The van der Waals surface area contributed by atoms with Gasteiger partial charge in [-0.1, -0.05) is 24.3 Å². The van der Waals surface area contributed by atoms with E-state index >= 15 is 0 Å². The summed E-state index contributed by atoms with van der Waals surface area (Å²) in [6, 6.07) is 7.23. The molecule has 0 fully saturated rings. The van der Waals surface area contributed by atoms with Crippen molar-refractivity contribution in [3.8, 4) is 0 Å². The topological polar surface area (TPSA) is 105 Å². The molecule has 3 aromatic rings. The quantitative estimate of drug-likeness (QED) is 0.665. The first-order valence-electron chi connectivity index (χ1n) is 6.50. The number of nitrogens with zero attached hydrogens (tertiary/aromatic N) is 1. The van der Waals surface area contributed by atoms with E-state index in [1.54, 1.807) is 18.3 Å². The Morgan fingerprint density at radius 2 is 1.95 bits per heavy atom. The predicted octanol–water partition coefficient (Wildman–Crippen LogP) is 1.08. The van der Waals surface area contributed by atoms with Gasteiger partial charge in [-0.15, -0.1) is 0 Å². The van der Waals surface area contributed by atoms with Crippen LogP contribution < -0.4 is 11.3 Å². The molecule has 105 valence electrons. The zero-order valence-electron chi connectivity index (χ0n) is 11.1. The van der Waals surface area contributed by atoms with Gasteiger partial charge < -0.3 is 15.7 Å². The maximum Gasteiger partial charge on any atom is 0.284 e. The Kier molecular flexibility index (Phi) is 3.27. The van der Waals surface area contributed by atoms with Crippen LogP contribution >= 0.6 is 0 Å². The fourth-order valence-corrected chi connectivity index (χ4v) is 2.34. The van der Waals surface area contributed by atoms with Gasteiger partial charge >= 0.3 is 0 Å². The molecule has 0 saturated heterocycles. The molecular formula is C15H13N4O2. The fraction of sp³-hybridized carbons (Fsp3) is 0.133. The van der Waals surface area contributed by atoms with Gasteiger partial charge in [0.15, 0.2) is 0 Å². The lowest BCUT2D eigenvalue weighted by Gasteiger charge is -2.01. The first-order chi connectivity index (χ1) is 10.2. The number of carbonyl (C=O) groups excluding carboxylic acids is 1. The molecular weight excluding hydrogens is 268 g/mol. The summed E-state index contributed by atoms with van der Waals surface area (Å²) >= 11 is 0. The lowest BCUT2D eigenvalue weighted by Crippen LogP contribution is -2.11. The number of nitrogen functional groups attached to an aromatic ring is 1. The zero-order valence-corrected chi connectivity index (χ0v) is 11.1. The molecule has 0 aliphatic rings. The summed E-state index contributed by atoms with van der Waals surface area (Å²) in [5.74, 6) is 0.0987. The number of fused-ring (bicyclic) bond motifs is 1. The molecule has 0 spiro atoms. The van der Waals surface area contributed by atoms with Gasteiger partial charge in [-0.05, 0) is 24.0 Å². The minimum absolute atomic E-state index is 0.0987. The molecule has 1 radical (unpaired) electrons. The summed E-state index contributed by atoms with van der Waals surface area (Å²) in [7, 11) is 0. The molecule has 2 heterocycles. The number of nitrogens with one attached hydrogen (secondary N) is 2. The third-order valence-electron chi connectivity index (χ3n) is 3.41. The molecule has 0 aliphatic carbocycles. The number of aromatic nitrogens is 3. The maximum absolute atomic E-state index is 11.9. The molecule has 2 aromatic heterocycles. The monoisotopic (exact) mass is 281 g/mol. The number of anilines is 1. The normalized spacial score (nSPS) is 10.9. The largest absolute Gasteiger partial charge is 0.369 e. The van der Waals surface area contributed by atoms with Crippen molar-refractivity contribution < 1.29 is 4.79 Å². The summed E-state index contributed by atoms with van der Waals surface area (Å²) in [5, 5.41) is 0.544. The van der Waals surface area contributed by atoms with E-state index in [1.165, 1.54) is 0 Å². The van der Waals surface area contributed by atoms with Gasteiger partial charge in [0.1, 0.15) is 5.65 Å². The summed E-state index contributed by atoms with van der Waals surface area (Å²) < 4.78 is 0. The van der Waals surface area contributed by atoms with Crippen molar-refractivity contribution in [2.75, 3.05) is 5.73 Å². The average molecular weight is 281 g/mol. The Labute approximate surface area is 120 Å². The molecule has 6 nitrogen and oxygen atoms in total. The van der Waals surface area contributed by atoms with Crippen LogP contribution in [0, 0.1) is 0 Å². The van der Waals surface area contributed by atoms with Gasteiger partial charge in [-0.3, -0.25) is 9.59 Å². The first-order valence-corrected chi connectivity index (χ1v) is 6.50. The molecule has 0 amide bonds.